The third-order valence-corrected chi connectivity index (χ3v) is 4.47. The molecule has 2 atom stereocenters. The van der Waals surface area contributed by atoms with E-state index < -0.39 is 0 Å². The van der Waals surface area contributed by atoms with Gasteiger partial charge in [-0.3, -0.25) is 4.68 Å². The van der Waals surface area contributed by atoms with Crippen molar-refractivity contribution in [2.24, 2.45) is 7.05 Å². The molecule has 23 heavy (non-hydrogen) atoms. The number of methoxy groups -OCH3 is 1. The molecule has 0 spiro atoms. The van der Waals surface area contributed by atoms with E-state index in [1.165, 1.54) is 0 Å². The smallest absolute Gasteiger partial charge is 0.317 e. The molecule has 0 unspecified atom stereocenters. The maximum Gasteiger partial charge on any atom is 0.317 e. The van der Waals surface area contributed by atoms with E-state index in [2.05, 4.69) is 10.4 Å². The fourth-order valence-corrected chi connectivity index (χ4v) is 3.10. The molecule has 1 N–H and O–H groups in total. The number of rotatable bonds is 7. The molecule has 1 aromatic rings. The molecule has 2 heterocycles. The van der Waals surface area contributed by atoms with Crippen LogP contribution in [-0.2, 0) is 22.9 Å². The van der Waals surface area contributed by atoms with Crippen LogP contribution in [0.1, 0.15) is 24.8 Å². The summed E-state index contributed by atoms with van der Waals surface area (Å²) in [5, 5.41) is 7.31. The SMILES string of the molecule is COCCO[C@H]1CCN(C(=O)NC2CC2)[C@H]1Cc1cnn(C)c1. The Kier molecular flexibility index (Phi) is 5.17. The molecule has 2 aliphatic rings. The van der Waals surface area contributed by atoms with Crippen LogP contribution in [0.4, 0.5) is 4.79 Å². The minimum atomic E-state index is 0.0410. The van der Waals surface area contributed by atoms with E-state index in [9.17, 15) is 4.79 Å². The van der Waals surface area contributed by atoms with Gasteiger partial charge in [0.1, 0.15) is 0 Å². The summed E-state index contributed by atoms with van der Waals surface area (Å²) >= 11 is 0. The topological polar surface area (TPSA) is 68.6 Å². The zero-order chi connectivity index (χ0) is 16.2. The van der Waals surface area contributed by atoms with Gasteiger partial charge >= 0.3 is 6.03 Å². The molecule has 1 aromatic heterocycles. The van der Waals surface area contributed by atoms with E-state index in [1.54, 1.807) is 11.8 Å². The number of carbonyl (C=O) groups excluding carboxylic acids is 1. The van der Waals surface area contributed by atoms with E-state index in [0.29, 0.717) is 19.3 Å². The standard InChI is InChI=1S/C16H26N4O3/c1-19-11-12(10-17-19)9-14-15(23-8-7-22-2)5-6-20(14)16(21)18-13-3-4-13/h10-11,13-15H,3-9H2,1-2H3,(H,18,21)/t14-,15-/m0/s1. The first-order chi connectivity index (χ1) is 11.2. The van der Waals surface area contributed by atoms with Gasteiger partial charge in [0.05, 0.1) is 31.6 Å². The molecule has 3 rings (SSSR count). The normalized spacial score (nSPS) is 24.2. The van der Waals surface area contributed by atoms with Crippen LogP contribution in [0.15, 0.2) is 12.4 Å². The van der Waals surface area contributed by atoms with Gasteiger partial charge in [0, 0.05) is 32.9 Å². The van der Waals surface area contributed by atoms with Crippen molar-refractivity contribution in [2.45, 2.75) is 43.9 Å². The first-order valence-corrected chi connectivity index (χ1v) is 8.32. The van der Waals surface area contributed by atoms with Crippen LogP contribution in [0.5, 0.6) is 0 Å². The molecule has 1 aliphatic heterocycles. The second kappa shape index (κ2) is 7.31. The van der Waals surface area contributed by atoms with Gasteiger partial charge in [-0.15, -0.1) is 0 Å². The van der Waals surface area contributed by atoms with Crippen molar-refractivity contribution in [1.29, 1.82) is 0 Å². The molecule has 1 saturated carbocycles. The lowest BCUT2D eigenvalue weighted by Gasteiger charge is -2.28. The fraction of sp³-hybridized carbons (Fsp3) is 0.750. The number of nitrogens with one attached hydrogen (secondary N) is 1. The molecule has 2 fully saturated rings. The lowest BCUT2D eigenvalue weighted by atomic mass is 10.0. The Labute approximate surface area is 136 Å². The van der Waals surface area contributed by atoms with Crippen LogP contribution in [0.25, 0.3) is 0 Å². The van der Waals surface area contributed by atoms with Crippen molar-refractivity contribution in [2.75, 3.05) is 26.9 Å². The van der Waals surface area contributed by atoms with E-state index in [4.69, 9.17) is 9.47 Å². The molecule has 1 aliphatic carbocycles. The van der Waals surface area contributed by atoms with Gasteiger partial charge in [-0.05, 0) is 31.2 Å². The number of aryl methyl sites for hydroxylation is 1. The molecule has 128 valence electrons. The average Bonchev–Trinajstić information content (AvgIpc) is 3.10. The quantitative estimate of drug-likeness (QED) is 0.759. The Morgan fingerprint density at radius 2 is 2.22 bits per heavy atom. The molecule has 0 aromatic carbocycles. The Bertz CT molecular complexity index is 529. The van der Waals surface area contributed by atoms with Crippen molar-refractivity contribution in [3.05, 3.63) is 18.0 Å². The third kappa shape index (κ3) is 4.23. The Morgan fingerprint density at radius 3 is 2.87 bits per heavy atom. The van der Waals surface area contributed by atoms with Crippen molar-refractivity contribution >= 4 is 6.03 Å². The number of carbonyl (C=O) groups is 1. The minimum absolute atomic E-state index is 0.0410. The van der Waals surface area contributed by atoms with Crippen LogP contribution < -0.4 is 5.32 Å². The van der Waals surface area contributed by atoms with Gasteiger partial charge in [0.2, 0.25) is 0 Å². The Balaban J connectivity index is 1.65. The van der Waals surface area contributed by atoms with Crippen molar-refractivity contribution in [3.8, 4) is 0 Å². The molecular weight excluding hydrogens is 296 g/mol. The number of hydrogen-bond acceptors (Lipinski definition) is 4. The van der Waals surface area contributed by atoms with Gasteiger partial charge in [0.15, 0.2) is 0 Å². The second-order valence-electron chi connectivity index (χ2n) is 6.40. The highest BCUT2D eigenvalue weighted by Crippen LogP contribution is 2.26. The summed E-state index contributed by atoms with van der Waals surface area (Å²) in [4.78, 5) is 14.4. The monoisotopic (exact) mass is 322 g/mol. The largest absolute Gasteiger partial charge is 0.382 e. The van der Waals surface area contributed by atoms with Gasteiger partial charge in [-0.2, -0.15) is 5.10 Å². The fourth-order valence-electron chi connectivity index (χ4n) is 3.10. The van der Waals surface area contributed by atoms with Crippen molar-refractivity contribution in [3.63, 3.8) is 0 Å². The molecule has 7 nitrogen and oxygen atoms in total. The molecule has 0 bridgehead atoms. The number of urea groups is 1. The summed E-state index contributed by atoms with van der Waals surface area (Å²) in [5.74, 6) is 0. The Hall–Kier alpha value is -1.60. The lowest BCUT2D eigenvalue weighted by Crippen LogP contribution is -2.47. The van der Waals surface area contributed by atoms with E-state index in [-0.39, 0.29) is 18.2 Å². The number of aromatic nitrogens is 2. The van der Waals surface area contributed by atoms with Gasteiger partial charge in [-0.1, -0.05) is 0 Å². The van der Waals surface area contributed by atoms with Crippen molar-refractivity contribution < 1.29 is 14.3 Å². The Morgan fingerprint density at radius 1 is 1.39 bits per heavy atom. The van der Waals surface area contributed by atoms with Crippen LogP contribution in [-0.4, -0.2) is 65.8 Å². The second-order valence-corrected chi connectivity index (χ2v) is 6.40. The number of hydrogen-bond donors (Lipinski definition) is 1. The highest BCUT2D eigenvalue weighted by molar-refractivity contribution is 5.75. The first-order valence-electron chi connectivity index (χ1n) is 8.32. The van der Waals surface area contributed by atoms with Crippen LogP contribution in [0.2, 0.25) is 0 Å². The van der Waals surface area contributed by atoms with Crippen LogP contribution in [0, 0.1) is 0 Å². The number of ether oxygens (including phenoxy) is 2. The van der Waals surface area contributed by atoms with Crippen molar-refractivity contribution in [1.82, 2.24) is 20.0 Å². The van der Waals surface area contributed by atoms with E-state index in [0.717, 1.165) is 37.8 Å². The summed E-state index contributed by atoms with van der Waals surface area (Å²) < 4.78 is 12.8. The average molecular weight is 322 g/mol. The van der Waals surface area contributed by atoms with Crippen LogP contribution in [0.3, 0.4) is 0 Å². The summed E-state index contributed by atoms with van der Waals surface area (Å²) in [6.45, 7) is 1.87. The third-order valence-electron chi connectivity index (χ3n) is 4.47. The summed E-state index contributed by atoms with van der Waals surface area (Å²) in [6.07, 6.45) is 7.75. The molecule has 0 radical (unpaired) electrons. The predicted molar refractivity (Wildman–Crippen MR) is 85.2 cm³/mol. The zero-order valence-electron chi connectivity index (χ0n) is 13.9. The highest BCUT2D eigenvalue weighted by atomic mass is 16.5. The lowest BCUT2D eigenvalue weighted by molar-refractivity contribution is 0.00331. The minimum Gasteiger partial charge on any atom is -0.382 e. The summed E-state index contributed by atoms with van der Waals surface area (Å²) in [7, 11) is 3.57. The maximum atomic E-state index is 12.5. The molecular formula is C16H26N4O3. The molecule has 7 heteroatoms. The molecule has 1 saturated heterocycles. The van der Waals surface area contributed by atoms with Gasteiger partial charge in [0.25, 0.3) is 0 Å². The maximum absolute atomic E-state index is 12.5. The first kappa shape index (κ1) is 16.3. The number of nitrogens with zero attached hydrogens (tertiary/aromatic N) is 3. The van der Waals surface area contributed by atoms with E-state index >= 15 is 0 Å². The van der Waals surface area contributed by atoms with Gasteiger partial charge < -0.3 is 19.7 Å². The summed E-state index contributed by atoms with van der Waals surface area (Å²) in [5.41, 5.74) is 1.13. The van der Waals surface area contributed by atoms with Crippen LogP contribution >= 0.6 is 0 Å². The summed E-state index contributed by atoms with van der Waals surface area (Å²) in [6, 6.07) is 0.462. The highest BCUT2D eigenvalue weighted by Gasteiger charge is 2.39. The zero-order valence-corrected chi connectivity index (χ0v) is 13.9. The molecule has 2 amide bonds. The predicted octanol–water partition coefficient (Wildman–Crippen LogP) is 0.941. The van der Waals surface area contributed by atoms with E-state index in [1.807, 2.05) is 24.3 Å². The van der Waals surface area contributed by atoms with Gasteiger partial charge in [-0.25, -0.2) is 4.79 Å². The number of likely N-dealkylation sites (tertiary alicyclic amines) is 1. The number of amides is 2.